The molecular formula is C20H24F2N2O3S. The second kappa shape index (κ2) is 10.8. The monoisotopic (exact) mass is 410 g/mol. The Morgan fingerprint density at radius 1 is 1.25 bits per heavy atom. The summed E-state index contributed by atoms with van der Waals surface area (Å²) in [7, 11) is 1.55. The number of carbonyl (C=O) groups is 1. The minimum atomic E-state index is -2.64. The zero-order valence-electron chi connectivity index (χ0n) is 16.1. The van der Waals surface area contributed by atoms with E-state index in [-0.39, 0.29) is 28.9 Å². The molecule has 1 aromatic carbocycles. The maximum Gasteiger partial charge on any atom is 0.290 e. The Morgan fingerprint density at radius 2 is 2.04 bits per heavy atom. The van der Waals surface area contributed by atoms with E-state index < -0.39 is 11.7 Å². The number of hydrogen-bond donors (Lipinski definition) is 1. The maximum atomic E-state index is 12.6. The molecule has 28 heavy (non-hydrogen) atoms. The molecule has 0 aliphatic rings. The summed E-state index contributed by atoms with van der Waals surface area (Å²) in [5.74, 6) is -1.35. The smallest absolute Gasteiger partial charge is 0.290 e. The highest BCUT2D eigenvalue weighted by Gasteiger charge is 2.16. The predicted octanol–water partition coefficient (Wildman–Crippen LogP) is 4.76. The Labute approximate surface area is 167 Å². The van der Waals surface area contributed by atoms with Gasteiger partial charge in [-0.15, -0.1) is 0 Å². The zero-order chi connectivity index (χ0) is 20.5. The van der Waals surface area contributed by atoms with E-state index in [0.29, 0.717) is 24.0 Å². The normalized spacial score (nSPS) is 11.0. The number of nitrogens with zero attached hydrogens (tertiary/aromatic N) is 1. The molecule has 0 unspecified atom stereocenters. The number of amides is 1. The summed E-state index contributed by atoms with van der Waals surface area (Å²) in [5.41, 5.74) is 0.918. The first-order valence-corrected chi connectivity index (χ1v) is 9.76. The van der Waals surface area contributed by atoms with Gasteiger partial charge in [0.1, 0.15) is 5.03 Å². The summed E-state index contributed by atoms with van der Waals surface area (Å²) >= 11 is 0.251. The molecule has 0 aliphatic heterocycles. The number of methoxy groups -OCH3 is 1. The first-order chi connectivity index (χ1) is 13.4. The molecule has 0 spiro atoms. The van der Waals surface area contributed by atoms with E-state index >= 15 is 0 Å². The molecule has 152 valence electrons. The number of pyridine rings is 1. The van der Waals surface area contributed by atoms with Crippen molar-refractivity contribution < 1.29 is 23.0 Å². The third-order valence-corrected chi connectivity index (χ3v) is 4.58. The average molecular weight is 410 g/mol. The van der Waals surface area contributed by atoms with Crippen molar-refractivity contribution in [2.75, 3.05) is 13.7 Å². The first kappa shape index (κ1) is 21.9. The van der Waals surface area contributed by atoms with Crippen LogP contribution >= 0.6 is 11.8 Å². The molecular weight excluding hydrogens is 386 g/mol. The van der Waals surface area contributed by atoms with Gasteiger partial charge in [0.2, 0.25) is 0 Å². The van der Waals surface area contributed by atoms with Crippen molar-refractivity contribution in [2.45, 2.75) is 37.6 Å². The molecule has 0 fully saturated rings. The Morgan fingerprint density at radius 3 is 2.71 bits per heavy atom. The standard InChI is InChI=1S/C20H24F2N2O3S/c1-13(2)8-10-27-16-7-6-14(11-17(16)26-3)12-24-18(25)15-5-4-9-23-19(15)28-20(21)22/h4-7,9,11,13,20H,8,10,12H2,1-3H3,(H,24,25). The van der Waals surface area contributed by atoms with E-state index in [9.17, 15) is 13.6 Å². The fourth-order valence-corrected chi connectivity index (χ4v) is 2.94. The molecule has 5 nitrogen and oxygen atoms in total. The molecule has 1 heterocycles. The number of rotatable bonds is 10. The van der Waals surface area contributed by atoms with Crippen LogP contribution in [0.3, 0.4) is 0 Å². The number of nitrogens with one attached hydrogen (secondary N) is 1. The minimum absolute atomic E-state index is 0.00137. The average Bonchev–Trinajstić information content (AvgIpc) is 2.66. The van der Waals surface area contributed by atoms with Gasteiger partial charge in [-0.05, 0) is 53.9 Å². The van der Waals surface area contributed by atoms with Gasteiger partial charge >= 0.3 is 0 Å². The molecule has 0 aliphatic carbocycles. The molecule has 0 saturated heterocycles. The number of halogens is 2. The lowest BCUT2D eigenvalue weighted by Gasteiger charge is -2.14. The molecule has 2 rings (SSSR count). The summed E-state index contributed by atoms with van der Waals surface area (Å²) in [6.07, 6.45) is 2.31. The van der Waals surface area contributed by atoms with Crippen LogP contribution in [-0.4, -0.2) is 30.4 Å². The van der Waals surface area contributed by atoms with Crippen LogP contribution in [0.2, 0.25) is 0 Å². The molecule has 1 amide bonds. The van der Waals surface area contributed by atoms with Crippen LogP contribution in [-0.2, 0) is 6.54 Å². The van der Waals surface area contributed by atoms with E-state index in [2.05, 4.69) is 24.1 Å². The van der Waals surface area contributed by atoms with Crippen molar-refractivity contribution in [3.05, 3.63) is 47.7 Å². The van der Waals surface area contributed by atoms with Gasteiger partial charge in [0, 0.05) is 12.7 Å². The number of alkyl halides is 2. The summed E-state index contributed by atoms with van der Waals surface area (Å²) in [4.78, 5) is 16.2. The Kier molecular flexibility index (Phi) is 8.50. The zero-order valence-corrected chi connectivity index (χ0v) is 16.9. The lowest BCUT2D eigenvalue weighted by molar-refractivity contribution is 0.0947. The van der Waals surface area contributed by atoms with Gasteiger partial charge in [-0.1, -0.05) is 19.9 Å². The lowest BCUT2D eigenvalue weighted by Crippen LogP contribution is -2.23. The van der Waals surface area contributed by atoms with Gasteiger partial charge < -0.3 is 14.8 Å². The van der Waals surface area contributed by atoms with Gasteiger partial charge in [-0.2, -0.15) is 8.78 Å². The third kappa shape index (κ3) is 6.67. The topological polar surface area (TPSA) is 60.5 Å². The summed E-state index contributed by atoms with van der Waals surface area (Å²) in [6, 6.07) is 8.41. The number of benzene rings is 1. The summed E-state index contributed by atoms with van der Waals surface area (Å²) in [6.45, 7) is 5.06. The van der Waals surface area contributed by atoms with Gasteiger partial charge in [-0.3, -0.25) is 4.79 Å². The van der Waals surface area contributed by atoms with Crippen molar-refractivity contribution in [1.29, 1.82) is 0 Å². The van der Waals surface area contributed by atoms with Crippen LogP contribution in [0.25, 0.3) is 0 Å². The molecule has 0 atom stereocenters. The second-order valence-electron chi connectivity index (χ2n) is 6.43. The van der Waals surface area contributed by atoms with E-state index in [1.807, 2.05) is 6.07 Å². The van der Waals surface area contributed by atoms with E-state index in [1.165, 1.54) is 18.3 Å². The molecule has 0 radical (unpaired) electrons. The Balaban J connectivity index is 2.01. The van der Waals surface area contributed by atoms with Crippen molar-refractivity contribution in [1.82, 2.24) is 10.3 Å². The quantitative estimate of drug-likeness (QED) is 0.572. The van der Waals surface area contributed by atoms with E-state index in [4.69, 9.17) is 9.47 Å². The van der Waals surface area contributed by atoms with Crippen LogP contribution in [0.1, 0.15) is 36.2 Å². The largest absolute Gasteiger partial charge is 0.493 e. The van der Waals surface area contributed by atoms with Crippen molar-refractivity contribution in [3.8, 4) is 11.5 Å². The van der Waals surface area contributed by atoms with Gasteiger partial charge in [-0.25, -0.2) is 4.98 Å². The van der Waals surface area contributed by atoms with E-state index in [1.54, 1.807) is 19.2 Å². The van der Waals surface area contributed by atoms with Crippen molar-refractivity contribution in [3.63, 3.8) is 0 Å². The third-order valence-electron chi connectivity index (χ3n) is 3.85. The Hall–Kier alpha value is -2.35. The van der Waals surface area contributed by atoms with Gasteiger partial charge in [0.15, 0.2) is 11.5 Å². The number of aromatic nitrogens is 1. The molecule has 1 N–H and O–H groups in total. The minimum Gasteiger partial charge on any atom is -0.493 e. The van der Waals surface area contributed by atoms with Crippen molar-refractivity contribution in [2.24, 2.45) is 5.92 Å². The SMILES string of the molecule is COc1cc(CNC(=O)c2cccnc2SC(F)F)ccc1OCCC(C)C. The number of carbonyl (C=O) groups excluding carboxylic acids is 1. The molecule has 2 aromatic rings. The van der Waals surface area contributed by atoms with Gasteiger partial charge in [0.25, 0.3) is 11.7 Å². The lowest BCUT2D eigenvalue weighted by atomic mass is 10.1. The van der Waals surface area contributed by atoms with Crippen LogP contribution in [0, 0.1) is 5.92 Å². The molecule has 0 bridgehead atoms. The molecule has 1 aromatic heterocycles. The highest BCUT2D eigenvalue weighted by atomic mass is 32.2. The number of thioether (sulfide) groups is 1. The second-order valence-corrected chi connectivity index (χ2v) is 7.41. The van der Waals surface area contributed by atoms with Gasteiger partial charge in [0.05, 0.1) is 19.3 Å². The Bertz CT molecular complexity index is 788. The fourth-order valence-electron chi connectivity index (χ4n) is 2.37. The van der Waals surface area contributed by atoms with Crippen LogP contribution < -0.4 is 14.8 Å². The maximum absolute atomic E-state index is 12.6. The fraction of sp³-hybridized carbons (Fsp3) is 0.400. The first-order valence-electron chi connectivity index (χ1n) is 8.88. The van der Waals surface area contributed by atoms with Crippen LogP contribution in [0.4, 0.5) is 8.78 Å². The number of ether oxygens (including phenoxy) is 2. The van der Waals surface area contributed by atoms with Crippen molar-refractivity contribution >= 4 is 17.7 Å². The highest BCUT2D eigenvalue weighted by Crippen LogP contribution is 2.29. The molecule has 0 saturated carbocycles. The van der Waals surface area contributed by atoms with Crippen LogP contribution in [0.15, 0.2) is 41.6 Å². The highest BCUT2D eigenvalue weighted by molar-refractivity contribution is 7.99. The van der Waals surface area contributed by atoms with E-state index in [0.717, 1.165) is 12.0 Å². The van der Waals surface area contributed by atoms with Crippen LogP contribution in [0.5, 0.6) is 11.5 Å². The molecule has 8 heteroatoms. The summed E-state index contributed by atoms with van der Waals surface area (Å²) < 4.78 is 36.4. The number of hydrogen-bond acceptors (Lipinski definition) is 5. The predicted molar refractivity (Wildman–Crippen MR) is 105 cm³/mol. The summed E-state index contributed by atoms with van der Waals surface area (Å²) in [5, 5.41) is 2.73.